The maximum absolute atomic E-state index is 12.4. The summed E-state index contributed by atoms with van der Waals surface area (Å²) in [6, 6.07) is 8.47. The summed E-state index contributed by atoms with van der Waals surface area (Å²) < 4.78 is 0. The highest BCUT2D eigenvalue weighted by molar-refractivity contribution is 6.31. The van der Waals surface area contributed by atoms with Crippen molar-refractivity contribution in [1.82, 2.24) is 9.80 Å². The Morgan fingerprint density at radius 2 is 2.09 bits per heavy atom. The van der Waals surface area contributed by atoms with Gasteiger partial charge in [0, 0.05) is 36.5 Å². The maximum Gasteiger partial charge on any atom is 0.222 e. The molecule has 0 saturated carbocycles. The molecule has 0 bridgehead atoms. The van der Waals surface area contributed by atoms with E-state index in [0.29, 0.717) is 12.5 Å². The van der Waals surface area contributed by atoms with E-state index >= 15 is 0 Å². The summed E-state index contributed by atoms with van der Waals surface area (Å²) in [4.78, 5) is 16.7. The van der Waals surface area contributed by atoms with E-state index in [2.05, 4.69) is 32.0 Å². The monoisotopic (exact) mass is 322 g/mol. The molecular formula is C18H27ClN2O. The number of likely N-dealkylation sites (N-methyl/N-ethyl adjacent to an activating group) is 1. The van der Waals surface area contributed by atoms with Crippen LogP contribution in [-0.4, -0.2) is 48.9 Å². The fraction of sp³-hybridized carbons (Fsp3) is 0.611. The zero-order chi connectivity index (χ0) is 16.1. The van der Waals surface area contributed by atoms with Crippen molar-refractivity contribution in [3.63, 3.8) is 0 Å². The lowest BCUT2D eigenvalue weighted by Gasteiger charge is -2.42. The summed E-state index contributed by atoms with van der Waals surface area (Å²) in [5.74, 6) is 0.569. The van der Waals surface area contributed by atoms with Gasteiger partial charge in [0.15, 0.2) is 0 Å². The molecule has 0 aromatic heterocycles. The highest BCUT2D eigenvalue weighted by Crippen LogP contribution is 2.34. The van der Waals surface area contributed by atoms with E-state index in [-0.39, 0.29) is 11.8 Å². The van der Waals surface area contributed by atoms with Gasteiger partial charge < -0.3 is 9.80 Å². The van der Waals surface area contributed by atoms with Crippen LogP contribution in [0.3, 0.4) is 0 Å². The van der Waals surface area contributed by atoms with Gasteiger partial charge in [0.25, 0.3) is 0 Å². The van der Waals surface area contributed by atoms with Crippen LogP contribution >= 0.6 is 11.6 Å². The van der Waals surface area contributed by atoms with Crippen molar-refractivity contribution in [2.45, 2.75) is 44.6 Å². The molecule has 0 aliphatic carbocycles. The molecule has 22 heavy (non-hydrogen) atoms. The Hall–Kier alpha value is -1.06. The largest absolute Gasteiger partial charge is 0.342 e. The smallest absolute Gasteiger partial charge is 0.222 e. The van der Waals surface area contributed by atoms with E-state index in [0.717, 1.165) is 42.9 Å². The van der Waals surface area contributed by atoms with Crippen LogP contribution in [0.2, 0.25) is 5.02 Å². The van der Waals surface area contributed by atoms with Crippen LogP contribution in [0.25, 0.3) is 0 Å². The van der Waals surface area contributed by atoms with Crippen LogP contribution in [0.15, 0.2) is 24.3 Å². The molecular weight excluding hydrogens is 296 g/mol. The van der Waals surface area contributed by atoms with E-state index in [9.17, 15) is 4.79 Å². The first-order valence-electron chi connectivity index (χ1n) is 8.23. The molecule has 1 fully saturated rings. The van der Waals surface area contributed by atoms with Crippen molar-refractivity contribution in [3.05, 3.63) is 34.9 Å². The quantitative estimate of drug-likeness (QED) is 0.823. The first kappa shape index (κ1) is 17.3. The fourth-order valence-electron chi connectivity index (χ4n) is 3.35. The molecule has 0 spiro atoms. The number of amides is 1. The lowest BCUT2D eigenvalue weighted by Crippen LogP contribution is -2.49. The number of carbonyl (C=O) groups is 1. The molecule has 0 N–H and O–H groups in total. The van der Waals surface area contributed by atoms with Gasteiger partial charge in [-0.3, -0.25) is 4.79 Å². The molecule has 1 amide bonds. The van der Waals surface area contributed by atoms with Gasteiger partial charge in [-0.15, -0.1) is 0 Å². The molecule has 1 aliphatic heterocycles. The molecule has 1 aromatic carbocycles. The number of likely N-dealkylation sites (tertiary alicyclic amines) is 1. The number of hydrogen-bond acceptors (Lipinski definition) is 2. The SMILES string of the molecule is CCCCC(=O)N1CCC(N(C)C)C(c2ccccc2Cl)C1. The molecule has 1 aliphatic rings. The molecule has 0 radical (unpaired) electrons. The molecule has 122 valence electrons. The van der Waals surface area contributed by atoms with E-state index in [4.69, 9.17) is 11.6 Å². The van der Waals surface area contributed by atoms with Crippen molar-refractivity contribution in [3.8, 4) is 0 Å². The second-order valence-electron chi connectivity index (χ2n) is 6.39. The Balaban J connectivity index is 2.18. The number of unbranched alkanes of at least 4 members (excludes halogenated alkanes) is 1. The maximum atomic E-state index is 12.4. The van der Waals surface area contributed by atoms with Crippen molar-refractivity contribution >= 4 is 17.5 Å². The summed E-state index contributed by atoms with van der Waals surface area (Å²) in [5.41, 5.74) is 1.16. The summed E-state index contributed by atoms with van der Waals surface area (Å²) in [6.07, 6.45) is 3.70. The Morgan fingerprint density at radius 3 is 2.73 bits per heavy atom. The zero-order valence-corrected chi connectivity index (χ0v) is 14.6. The standard InChI is InChI=1S/C18H27ClN2O/c1-4-5-10-18(22)21-12-11-17(20(2)3)15(13-21)14-8-6-7-9-16(14)19/h6-9,15,17H,4-5,10-13H2,1-3H3. The number of halogens is 1. The Kier molecular flexibility index (Phi) is 6.27. The van der Waals surface area contributed by atoms with Gasteiger partial charge in [-0.05, 0) is 38.6 Å². The van der Waals surface area contributed by atoms with Crippen molar-refractivity contribution in [2.24, 2.45) is 0 Å². The van der Waals surface area contributed by atoms with Gasteiger partial charge >= 0.3 is 0 Å². The van der Waals surface area contributed by atoms with E-state index in [1.165, 1.54) is 0 Å². The number of benzene rings is 1. The zero-order valence-electron chi connectivity index (χ0n) is 13.9. The predicted octanol–water partition coefficient (Wildman–Crippen LogP) is 3.78. The molecule has 1 aromatic rings. The van der Waals surface area contributed by atoms with Crippen LogP contribution in [0.1, 0.15) is 44.1 Å². The van der Waals surface area contributed by atoms with Gasteiger partial charge in [-0.25, -0.2) is 0 Å². The first-order valence-corrected chi connectivity index (χ1v) is 8.61. The lowest BCUT2D eigenvalue weighted by atomic mass is 9.85. The van der Waals surface area contributed by atoms with Crippen LogP contribution in [0.5, 0.6) is 0 Å². The van der Waals surface area contributed by atoms with E-state index in [1.54, 1.807) is 0 Å². The van der Waals surface area contributed by atoms with Gasteiger partial charge in [-0.2, -0.15) is 0 Å². The molecule has 1 heterocycles. The van der Waals surface area contributed by atoms with Crippen molar-refractivity contribution in [1.29, 1.82) is 0 Å². The van der Waals surface area contributed by atoms with E-state index in [1.807, 2.05) is 23.1 Å². The summed E-state index contributed by atoms with van der Waals surface area (Å²) in [5, 5.41) is 0.808. The summed E-state index contributed by atoms with van der Waals surface area (Å²) >= 11 is 6.42. The molecule has 3 nitrogen and oxygen atoms in total. The first-order chi connectivity index (χ1) is 10.5. The predicted molar refractivity (Wildman–Crippen MR) is 92.4 cm³/mol. The Labute approximate surface area is 139 Å². The van der Waals surface area contributed by atoms with Crippen LogP contribution in [0.4, 0.5) is 0 Å². The van der Waals surface area contributed by atoms with Crippen LogP contribution < -0.4 is 0 Å². The van der Waals surface area contributed by atoms with Crippen molar-refractivity contribution < 1.29 is 4.79 Å². The van der Waals surface area contributed by atoms with E-state index < -0.39 is 0 Å². The van der Waals surface area contributed by atoms with Crippen molar-refractivity contribution in [2.75, 3.05) is 27.2 Å². The average Bonchev–Trinajstić information content (AvgIpc) is 2.52. The second-order valence-corrected chi connectivity index (χ2v) is 6.80. The normalized spacial score (nSPS) is 22.1. The Morgan fingerprint density at radius 1 is 1.36 bits per heavy atom. The third kappa shape index (κ3) is 4.02. The molecule has 2 atom stereocenters. The lowest BCUT2D eigenvalue weighted by molar-refractivity contribution is -0.133. The highest BCUT2D eigenvalue weighted by atomic mass is 35.5. The number of rotatable bonds is 5. The minimum Gasteiger partial charge on any atom is -0.342 e. The Bertz CT molecular complexity index is 504. The average molecular weight is 323 g/mol. The second kappa shape index (κ2) is 7.98. The van der Waals surface area contributed by atoms with Gasteiger partial charge in [0.1, 0.15) is 0 Å². The summed E-state index contributed by atoms with van der Waals surface area (Å²) in [6.45, 7) is 3.75. The molecule has 1 saturated heterocycles. The number of carbonyl (C=O) groups excluding carboxylic acids is 1. The number of piperidine rings is 1. The minimum atomic E-state index is 0.281. The third-order valence-electron chi connectivity index (χ3n) is 4.64. The number of nitrogens with zero attached hydrogens (tertiary/aromatic N) is 2. The van der Waals surface area contributed by atoms with Crippen LogP contribution in [0, 0.1) is 0 Å². The number of hydrogen-bond donors (Lipinski definition) is 0. The molecule has 2 rings (SSSR count). The van der Waals surface area contributed by atoms with Gasteiger partial charge in [-0.1, -0.05) is 43.1 Å². The van der Waals surface area contributed by atoms with Crippen LogP contribution in [-0.2, 0) is 4.79 Å². The fourth-order valence-corrected chi connectivity index (χ4v) is 3.63. The highest BCUT2D eigenvalue weighted by Gasteiger charge is 2.34. The summed E-state index contributed by atoms with van der Waals surface area (Å²) in [7, 11) is 4.23. The molecule has 2 unspecified atom stereocenters. The minimum absolute atomic E-state index is 0.281. The van der Waals surface area contributed by atoms with Gasteiger partial charge in [0.05, 0.1) is 0 Å². The van der Waals surface area contributed by atoms with Gasteiger partial charge in [0.2, 0.25) is 5.91 Å². The molecule has 4 heteroatoms. The topological polar surface area (TPSA) is 23.6 Å². The third-order valence-corrected chi connectivity index (χ3v) is 4.99.